The molecule has 1 N–H and O–H groups in total. The maximum atomic E-state index is 5.35. The van der Waals surface area contributed by atoms with Crippen molar-refractivity contribution in [2.24, 2.45) is 7.05 Å². The standard InChI is InChI=1S/C14H15N5S/c1-3-10-9-12(18(2)17-10)13-15-16-14(20)19(13)11-7-5-4-6-8-11/h4-9H,3H2,1-2H3,(H,16,20). The molecule has 0 unspecified atom stereocenters. The van der Waals surface area contributed by atoms with Crippen molar-refractivity contribution >= 4 is 12.2 Å². The predicted octanol–water partition coefficient (Wildman–Crippen LogP) is 2.89. The monoisotopic (exact) mass is 285 g/mol. The number of hydrogen-bond acceptors (Lipinski definition) is 3. The van der Waals surface area contributed by atoms with E-state index in [1.54, 1.807) is 0 Å². The fourth-order valence-corrected chi connectivity index (χ4v) is 2.43. The number of rotatable bonds is 3. The molecule has 0 fully saturated rings. The van der Waals surface area contributed by atoms with Crippen molar-refractivity contribution in [3.05, 3.63) is 46.9 Å². The Morgan fingerprint density at radius 2 is 2.00 bits per heavy atom. The molecular weight excluding hydrogens is 270 g/mol. The lowest BCUT2D eigenvalue weighted by Gasteiger charge is -2.06. The minimum absolute atomic E-state index is 0.574. The molecule has 0 aliphatic heterocycles. The van der Waals surface area contributed by atoms with Crippen LogP contribution in [0.5, 0.6) is 0 Å². The van der Waals surface area contributed by atoms with Gasteiger partial charge in [-0.3, -0.25) is 14.3 Å². The molecule has 2 heterocycles. The van der Waals surface area contributed by atoms with Crippen molar-refractivity contribution in [1.82, 2.24) is 24.5 Å². The molecule has 0 saturated carbocycles. The first kappa shape index (κ1) is 12.8. The number of para-hydroxylation sites is 1. The van der Waals surface area contributed by atoms with Gasteiger partial charge in [0.15, 0.2) is 10.6 Å². The van der Waals surface area contributed by atoms with Crippen molar-refractivity contribution in [2.75, 3.05) is 0 Å². The van der Waals surface area contributed by atoms with E-state index in [9.17, 15) is 0 Å². The van der Waals surface area contributed by atoms with E-state index in [4.69, 9.17) is 12.2 Å². The number of H-pyrrole nitrogens is 1. The molecule has 0 bridgehead atoms. The van der Waals surface area contributed by atoms with E-state index in [1.807, 2.05) is 52.7 Å². The Morgan fingerprint density at radius 3 is 2.65 bits per heavy atom. The van der Waals surface area contributed by atoms with Gasteiger partial charge in [0.05, 0.1) is 11.4 Å². The summed E-state index contributed by atoms with van der Waals surface area (Å²) in [5, 5.41) is 11.7. The zero-order valence-corrected chi connectivity index (χ0v) is 12.2. The van der Waals surface area contributed by atoms with Gasteiger partial charge in [-0.1, -0.05) is 25.1 Å². The molecule has 0 aliphatic rings. The van der Waals surface area contributed by atoms with E-state index < -0.39 is 0 Å². The van der Waals surface area contributed by atoms with Crippen LogP contribution in [0.4, 0.5) is 0 Å². The predicted molar refractivity (Wildman–Crippen MR) is 80.3 cm³/mol. The molecule has 0 spiro atoms. The lowest BCUT2D eigenvalue weighted by atomic mass is 10.2. The number of benzene rings is 1. The van der Waals surface area contributed by atoms with E-state index in [0.29, 0.717) is 4.77 Å². The zero-order valence-electron chi connectivity index (χ0n) is 11.4. The summed E-state index contributed by atoms with van der Waals surface area (Å²) < 4.78 is 4.33. The van der Waals surface area contributed by atoms with E-state index in [1.165, 1.54) is 0 Å². The maximum absolute atomic E-state index is 5.35. The summed E-state index contributed by atoms with van der Waals surface area (Å²) in [5.74, 6) is 0.774. The molecule has 2 aromatic heterocycles. The van der Waals surface area contributed by atoms with Crippen molar-refractivity contribution in [3.63, 3.8) is 0 Å². The second-order valence-electron chi connectivity index (χ2n) is 4.52. The van der Waals surface area contributed by atoms with Crippen LogP contribution in [0.2, 0.25) is 0 Å². The van der Waals surface area contributed by atoms with Crippen LogP contribution in [0.15, 0.2) is 36.4 Å². The first-order valence-electron chi connectivity index (χ1n) is 6.47. The second kappa shape index (κ2) is 5.05. The largest absolute Gasteiger partial charge is 0.267 e. The minimum atomic E-state index is 0.574. The molecule has 0 saturated heterocycles. The molecule has 0 radical (unpaired) electrons. The average Bonchev–Trinajstić information content (AvgIpc) is 3.02. The van der Waals surface area contributed by atoms with Gasteiger partial charge in [0.2, 0.25) is 0 Å². The summed E-state index contributed by atoms with van der Waals surface area (Å²) in [6.45, 7) is 2.08. The van der Waals surface area contributed by atoms with E-state index >= 15 is 0 Å². The Morgan fingerprint density at radius 1 is 1.25 bits per heavy atom. The summed E-state index contributed by atoms with van der Waals surface area (Å²) in [7, 11) is 1.92. The third kappa shape index (κ3) is 2.08. The van der Waals surface area contributed by atoms with Crippen molar-refractivity contribution in [1.29, 1.82) is 0 Å². The third-order valence-corrected chi connectivity index (χ3v) is 3.48. The molecular formula is C14H15N5S. The van der Waals surface area contributed by atoms with Crippen LogP contribution in [0.1, 0.15) is 12.6 Å². The fraction of sp³-hybridized carbons (Fsp3) is 0.214. The van der Waals surface area contributed by atoms with Gasteiger partial charge >= 0.3 is 0 Å². The number of nitrogens with zero attached hydrogens (tertiary/aromatic N) is 4. The topological polar surface area (TPSA) is 51.4 Å². The molecule has 1 aromatic carbocycles. The molecule has 6 heteroatoms. The van der Waals surface area contributed by atoms with Crippen LogP contribution in [0.3, 0.4) is 0 Å². The molecule has 3 aromatic rings. The van der Waals surface area contributed by atoms with Crippen LogP contribution >= 0.6 is 12.2 Å². The Bertz CT molecular complexity index is 782. The number of aromatic amines is 1. The first-order valence-corrected chi connectivity index (χ1v) is 6.87. The third-order valence-electron chi connectivity index (χ3n) is 3.21. The van der Waals surface area contributed by atoms with Crippen LogP contribution in [-0.4, -0.2) is 24.5 Å². The minimum Gasteiger partial charge on any atom is -0.267 e. The Kier molecular flexibility index (Phi) is 3.23. The van der Waals surface area contributed by atoms with Gasteiger partial charge < -0.3 is 0 Å². The molecule has 0 atom stereocenters. The highest BCUT2D eigenvalue weighted by molar-refractivity contribution is 7.71. The summed E-state index contributed by atoms with van der Waals surface area (Å²) in [6, 6.07) is 12.0. The van der Waals surface area contributed by atoms with Crippen LogP contribution in [-0.2, 0) is 13.5 Å². The normalized spacial score (nSPS) is 10.9. The smallest absolute Gasteiger partial charge is 0.200 e. The lowest BCUT2D eigenvalue weighted by Crippen LogP contribution is -2.01. The summed E-state index contributed by atoms with van der Waals surface area (Å²) in [6.07, 6.45) is 0.893. The lowest BCUT2D eigenvalue weighted by molar-refractivity contribution is 0.746. The van der Waals surface area contributed by atoms with Gasteiger partial charge in [-0.2, -0.15) is 10.2 Å². The highest BCUT2D eigenvalue weighted by Crippen LogP contribution is 2.22. The number of hydrogen-bond donors (Lipinski definition) is 1. The molecule has 0 amide bonds. The Labute approximate surface area is 121 Å². The number of nitrogens with one attached hydrogen (secondary N) is 1. The van der Waals surface area contributed by atoms with Crippen LogP contribution in [0, 0.1) is 4.77 Å². The van der Waals surface area contributed by atoms with Crippen LogP contribution < -0.4 is 0 Å². The summed E-state index contributed by atoms with van der Waals surface area (Å²) in [4.78, 5) is 0. The van der Waals surface area contributed by atoms with Gasteiger partial charge in [-0.05, 0) is 36.8 Å². The SMILES string of the molecule is CCc1cc(-c2n[nH]c(=S)n2-c2ccccc2)n(C)n1. The zero-order chi connectivity index (χ0) is 14.1. The second-order valence-corrected chi connectivity index (χ2v) is 4.91. The van der Waals surface area contributed by atoms with E-state index in [2.05, 4.69) is 22.2 Å². The summed E-state index contributed by atoms with van der Waals surface area (Å²) in [5.41, 5.74) is 2.97. The van der Waals surface area contributed by atoms with Crippen molar-refractivity contribution < 1.29 is 0 Å². The Balaban J connectivity index is 2.21. The van der Waals surface area contributed by atoms with Gasteiger partial charge in [0.1, 0.15) is 5.69 Å². The average molecular weight is 285 g/mol. The number of aromatic nitrogens is 5. The summed E-state index contributed by atoms with van der Waals surface area (Å²) >= 11 is 5.35. The highest BCUT2D eigenvalue weighted by atomic mass is 32.1. The highest BCUT2D eigenvalue weighted by Gasteiger charge is 2.15. The quantitative estimate of drug-likeness (QED) is 0.753. The maximum Gasteiger partial charge on any atom is 0.200 e. The number of aryl methyl sites for hydroxylation is 2. The van der Waals surface area contributed by atoms with Gasteiger partial charge in [-0.25, -0.2) is 0 Å². The van der Waals surface area contributed by atoms with E-state index in [-0.39, 0.29) is 0 Å². The molecule has 102 valence electrons. The molecule has 20 heavy (non-hydrogen) atoms. The van der Waals surface area contributed by atoms with Gasteiger partial charge in [-0.15, -0.1) is 0 Å². The van der Waals surface area contributed by atoms with Crippen LogP contribution in [0.25, 0.3) is 17.2 Å². The van der Waals surface area contributed by atoms with E-state index in [0.717, 1.165) is 29.3 Å². The fourth-order valence-electron chi connectivity index (χ4n) is 2.19. The molecule has 5 nitrogen and oxygen atoms in total. The van der Waals surface area contributed by atoms with Gasteiger partial charge in [0, 0.05) is 7.05 Å². The molecule has 3 rings (SSSR count). The van der Waals surface area contributed by atoms with Crippen molar-refractivity contribution in [3.8, 4) is 17.2 Å². The van der Waals surface area contributed by atoms with Crippen molar-refractivity contribution in [2.45, 2.75) is 13.3 Å². The molecule has 0 aliphatic carbocycles. The Hall–Kier alpha value is -2.21. The first-order chi connectivity index (χ1) is 9.70. The van der Waals surface area contributed by atoms with Gasteiger partial charge in [0.25, 0.3) is 0 Å².